The summed E-state index contributed by atoms with van der Waals surface area (Å²) >= 11 is 0. The van der Waals surface area contributed by atoms with Crippen molar-refractivity contribution in [2.24, 2.45) is 0 Å². The largest absolute Gasteiger partial charge is 0.492 e. The van der Waals surface area contributed by atoms with Gasteiger partial charge in [-0.2, -0.15) is 0 Å². The third kappa shape index (κ3) is 7.63. The number of aryl methyl sites for hydroxylation is 1. The molecule has 3 aromatic carbocycles. The molecule has 0 bridgehead atoms. The van der Waals surface area contributed by atoms with Gasteiger partial charge in [0.15, 0.2) is 0 Å². The summed E-state index contributed by atoms with van der Waals surface area (Å²) in [6, 6.07) is 21.6. The number of para-hydroxylation sites is 2. The zero-order valence-corrected chi connectivity index (χ0v) is 24.6. The Labute approximate surface area is 238 Å². The minimum atomic E-state index is -4.18. The van der Waals surface area contributed by atoms with Gasteiger partial charge < -0.3 is 15.0 Å². The van der Waals surface area contributed by atoms with Crippen molar-refractivity contribution in [3.63, 3.8) is 0 Å². The predicted octanol–water partition coefficient (Wildman–Crippen LogP) is 4.92. The molecular formula is C31H39N3O5S. The Hall–Kier alpha value is -3.85. The molecule has 0 aliphatic heterocycles. The van der Waals surface area contributed by atoms with Crippen LogP contribution in [-0.2, 0) is 26.2 Å². The van der Waals surface area contributed by atoms with E-state index >= 15 is 0 Å². The van der Waals surface area contributed by atoms with E-state index in [-0.39, 0.29) is 29.1 Å². The average Bonchev–Trinajstić information content (AvgIpc) is 2.95. The quantitative estimate of drug-likeness (QED) is 0.317. The van der Waals surface area contributed by atoms with E-state index in [2.05, 4.69) is 5.32 Å². The fourth-order valence-corrected chi connectivity index (χ4v) is 5.54. The van der Waals surface area contributed by atoms with Gasteiger partial charge in [0.2, 0.25) is 11.8 Å². The molecule has 0 heterocycles. The van der Waals surface area contributed by atoms with Crippen molar-refractivity contribution < 1.29 is 22.7 Å². The fourth-order valence-electron chi connectivity index (χ4n) is 4.12. The van der Waals surface area contributed by atoms with Gasteiger partial charge in [0.1, 0.15) is 18.3 Å². The second kappa shape index (κ2) is 14.0. The molecule has 0 saturated carbocycles. The Morgan fingerprint density at radius 3 is 2.15 bits per heavy atom. The van der Waals surface area contributed by atoms with Crippen LogP contribution in [0.25, 0.3) is 0 Å². The standard InChI is InChI=1S/C31H39N3O5S/c1-6-24(4)32-31(36)25(5)33(21-26-13-9-8-10-14-26)30(35)22-34(28-15-11-12-16-29(28)39-7-2)40(37,38)27-19-17-23(3)18-20-27/h8-20,24-25H,6-7,21-22H2,1-5H3,(H,32,36). The molecular weight excluding hydrogens is 526 g/mol. The monoisotopic (exact) mass is 565 g/mol. The number of nitrogens with one attached hydrogen (secondary N) is 1. The van der Waals surface area contributed by atoms with Gasteiger partial charge >= 0.3 is 0 Å². The summed E-state index contributed by atoms with van der Waals surface area (Å²) in [4.78, 5) is 28.6. The van der Waals surface area contributed by atoms with Crippen LogP contribution in [0.5, 0.6) is 5.75 Å². The molecule has 0 spiro atoms. The van der Waals surface area contributed by atoms with E-state index in [1.807, 2.05) is 51.1 Å². The maximum absolute atomic E-state index is 14.0. The Bertz CT molecular complexity index is 1380. The lowest BCUT2D eigenvalue weighted by Crippen LogP contribution is -2.52. The molecule has 9 heteroatoms. The lowest BCUT2D eigenvalue weighted by Gasteiger charge is -2.33. The summed E-state index contributed by atoms with van der Waals surface area (Å²) in [6.45, 7) is 9.13. The Morgan fingerprint density at radius 2 is 1.52 bits per heavy atom. The molecule has 8 nitrogen and oxygen atoms in total. The highest BCUT2D eigenvalue weighted by Crippen LogP contribution is 2.33. The van der Waals surface area contributed by atoms with Crippen LogP contribution < -0.4 is 14.4 Å². The van der Waals surface area contributed by atoms with Gasteiger partial charge in [0.25, 0.3) is 10.0 Å². The zero-order chi connectivity index (χ0) is 29.3. The second-order valence-electron chi connectivity index (χ2n) is 9.73. The van der Waals surface area contributed by atoms with Crippen molar-refractivity contribution in [1.82, 2.24) is 10.2 Å². The van der Waals surface area contributed by atoms with E-state index in [1.54, 1.807) is 50.2 Å². The van der Waals surface area contributed by atoms with Crippen molar-refractivity contribution in [1.29, 1.82) is 0 Å². The van der Waals surface area contributed by atoms with Crippen molar-refractivity contribution in [3.05, 3.63) is 90.0 Å². The highest BCUT2D eigenvalue weighted by atomic mass is 32.2. The van der Waals surface area contributed by atoms with Crippen molar-refractivity contribution in [2.75, 3.05) is 17.5 Å². The van der Waals surface area contributed by atoms with Gasteiger partial charge in [-0.15, -0.1) is 0 Å². The highest BCUT2D eigenvalue weighted by molar-refractivity contribution is 7.92. The minimum Gasteiger partial charge on any atom is -0.492 e. The topological polar surface area (TPSA) is 96.0 Å². The van der Waals surface area contributed by atoms with E-state index in [1.165, 1.54) is 17.0 Å². The fraction of sp³-hybridized carbons (Fsp3) is 0.355. The maximum atomic E-state index is 14.0. The normalized spacial score (nSPS) is 12.7. The highest BCUT2D eigenvalue weighted by Gasteiger charge is 2.34. The van der Waals surface area contributed by atoms with Gasteiger partial charge in [-0.3, -0.25) is 13.9 Å². The number of hydrogen-bond donors (Lipinski definition) is 1. The van der Waals surface area contributed by atoms with Crippen LogP contribution >= 0.6 is 0 Å². The summed E-state index contributed by atoms with van der Waals surface area (Å²) in [5, 5.41) is 2.94. The number of rotatable bonds is 13. The Morgan fingerprint density at radius 1 is 0.900 bits per heavy atom. The molecule has 3 aromatic rings. The molecule has 0 aliphatic rings. The van der Waals surface area contributed by atoms with E-state index < -0.39 is 28.5 Å². The summed E-state index contributed by atoms with van der Waals surface area (Å²) in [5.74, 6) is -0.482. The number of sulfonamides is 1. The van der Waals surface area contributed by atoms with Gasteiger partial charge in [0.05, 0.1) is 17.2 Å². The molecule has 0 radical (unpaired) electrons. The van der Waals surface area contributed by atoms with Gasteiger partial charge in [-0.05, 0) is 63.9 Å². The van der Waals surface area contributed by atoms with Crippen LogP contribution in [0.4, 0.5) is 5.69 Å². The van der Waals surface area contributed by atoms with Crippen LogP contribution in [-0.4, -0.2) is 50.4 Å². The molecule has 0 aromatic heterocycles. The number of anilines is 1. The van der Waals surface area contributed by atoms with Crippen LogP contribution in [0.2, 0.25) is 0 Å². The predicted molar refractivity (Wildman–Crippen MR) is 158 cm³/mol. The molecule has 0 fully saturated rings. The number of carbonyl (C=O) groups excluding carboxylic acids is 2. The molecule has 2 amide bonds. The number of ether oxygens (including phenoxy) is 1. The second-order valence-corrected chi connectivity index (χ2v) is 11.6. The lowest BCUT2D eigenvalue weighted by molar-refractivity contribution is -0.139. The Balaban J connectivity index is 2.06. The summed E-state index contributed by atoms with van der Waals surface area (Å²) in [7, 11) is -4.18. The molecule has 0 saturated heterocycles. The summed E-state index contributed by atoms with van der Waals surface area (Å²) < 4.78 is 34.9. The summed E-state index contributed by atoms with van der Waals surface area (Å²) in [6.07, 6.45) is 0.738. The molecule has 40 heavy (non-hydrogen) atoms. The van der Waals surface area contributed by atoms with Gasteiger partial charge in [-0.1, -0.05) is 67.1 Å². The molecule has 214 valence electrons. The van der Waals surface area contributed by atoms with Crippen LogP contribution in [0, 0.1) is 6.92 Å². The molecule has 1 N–H and O–H groups in total. The van der Waals surface area contributed by atoms with Gasteiger partial charge in [-0.25, -0.2) is 8.42 Å². The first-order valence-electron chi connectivity index (χ1n) is 13.5. The lowest BCUT2D eigenvalue weighted by atomic mass is 10.1. The van der Waals surface area contributed by atoms with Crippen LogP contribution in [0.3, 0.4) is 0 Å². The first-order valence-corrected chi connectivity index (χ1v) is 15.0. The van der Waals surface area contributed by atoms with E-state index in [4.69, 9.17) is 4.74 Å². The summed E-state index contributed by atoms with van der Waals surface area (Å²) in [5.41, 5.74) is 1.97. The number of nitrogens with zero attached hydrogens (tertiary/aromatic N) is 2. The average molecular weight is 566 g/mol. The number of carbonyl (C=O) groups is 2. The smallest absolute Gasteiger partial charge is 0.264 e. The molecule has 2 atom stereocenters. The molecule has 2 unspecified atom stereocenters. The number of benzene rings is 3. The van der Waals surface area contributed by atoms with E-state index in [0.29, 0.717) is 12.4 Å². The van der Waals surface area contributed by atoms with E-state index in [0.717, 1.165) is 21.9 Å². The van der Waals surface area contributed by atoms with Gasteiger partial charge in [0, 0.05) is 12.6 Å². The van der Waals surface area contributed by atoms with Crippen molar-refractivity contribution >= 4 is 27.5 Å². The minimum absolute atomic E-state index is 0.0503. The van der Waals surface area contributed by atoms with Crippen molar-refractivity contribution in [3.8, 4) is 5.75 Å². The van der Waals surface area contributed by atoms with Crippen LogP contribution in [0.1, 0.15) is 45.2 Å². The first kappa shape index (κ1) is 30.7. The third-order valence-corrected chi connectivity index (χ3v) is 8.46. The number of hydrogen-bond acceptors (Lipinski definition) is 5. The number of amides is 2. The molecule has 0 aliphatic carbocycles. The SMILES string of the molecule is CCOc1ccccc1N(CC(=O)N(Cc1ccccc1)C(C)C(=O)NC(C)CC)S(=O)(=O)c1ccc(C)cc1. The molecule has 3 rings (SSSR count). The maximum Gasteiger partial charge on any atom is 0.264 e. The van der Waals surface area contributed by atoms with E-state index in [9.17, 15) is 18.0 Å². The zero-order valence-electron chi connectivity index (χ0n) is 23.8. The Kier molecular flexibility index (Phi) is 10.7. The van der Waals surface area contributed by atoms with Crippen molar-refractivity contribution in [2.45, 2.75) is 64.6 Å². The third-order valence-electron chi connectivity index (χ3n) is 6.69. The van der Waals surface area contributed by atoms with Crippen LogP contribution in [0.15, 0.2) is 83.8 Å². The first-order chi connectivity index (χ1) is 19.1.